The number of piperidine rings is 1. The van der Waals surface area contributed by atoms with Crippen molar-refractivity contribution in [1.29, 1.82) is 0 Å². The summed E-state index contributed by atoms with van der Waals surface area (Å²) < 4.78 is 46.4. The molecule has 11 heteroatoms. The Morgan fingerprint density at radius 1 is 1.17 bits per heavy atom. The standard InChI is InChI=1S/C19H27FN4O5S/c1-19(2,3)29-18(26)24-8-6-7-12(11-24)17(25)21-14-10-16-15(9-13(14)20)22(4)30(27,28)23(16)5/h9-10,12H,6-8,11H2,1-5H3,(H,21,25)/t12-/m1/s1. The summed E-state index contributed by atoms with van der Waals surface area (Å²) in [6.07, 6.45) is 0.684. The highest BCUT2D eigenvalue weighted by molar-refractivity contribution is 7.94. The summed E-state index contributed by atoms with van der Waals surface area (Å²) in [4.78, 5) is 26.5. The van der Waals surface area contributed by atoms with E-state index in [1.165, 1.54) is 25.1 Å². The Labute approximate surface area is 175 Å². The Morgan fingerprint density at radius 2 is 1.77 bits per heavy atom. The molecule has 1 N–H and O–H groups in total. The molecule has 2 aliphatic heterocycles. The topological polar surface area (TPSA) is 99.3 Å². The number of nitrogens with one attached hydrogen (secondary N) is 1. The molecule has 0 bridgehead atoms. The second kappa shape index (κ2) is 7.60. The number of hydrogen-bond acceptors (Lipinski definition) is 5. The largest absolute Gasteiger partial charge is 0.444 e. The van der Waals surface area contributed by atoms with Crippen molar-refractivity contribution in [3.63, 3.8) is 0 Å². The van der Waals surface area contributed by atoms with Crippen molar-refractivity contribution >= 4 is 39.3 Å². The number of anilines is 3. The lowest BCUT2D eigenvalue weighted by molar-refractivity contribution is -0.121. The zero-order valence-electron chi connectivity index (χ0n) is 17.7. The van der Waals surface area contributed by atoms with E-state index in [2.05, 4.69) is 5.32 Å². The average Bonchev–Trinajstić information content (AvgIpc) is 2.81. The van der Waals surface area contributed by atoms with Gasteiger partial charge in [0.25, 0.3) is 0 Å². The van der Waals surface area contributed by atoms with Gasteiger partial charge in [-0.15, -0.1) is 0 Å². The van der Waals surface area contributed by atoms with E-state index in [4.69, 9.17) is 4.74 Å². The van der Waals surface area contributed by atoms with Gasteiger partial charge in [0.05, 0.1) is 23.0 Å². The van der Waals surface area contributed by atoms with E-state index < -0.39 is 39.5 Å². The summed E-state index contributed by atoms with van der Waals surface area (Å²) in [5.74, 6) is -1.69. The van der Waals surface area contributed by atoms with Gasteiger partial charge in [0.1, 0.15) is 11.4 Å². The number of nitrogens with zero attached hydrogens (tertiary/aromatic N) is 3. The van der Waals surface area contributed by atoms with Gasteiger partial charge in [0.2, 0.25) is 5.91 Å². The van der Waals surface area contributed by atoms with E-state index in [1.807, 2.05) is 0 Å². The van der Waals surface area contributed by atoms with Crippen molar-refractivity contribution in [2.24, 2.45) is 5.92 Å². The maximum atomic E-state index is 14.6. The van der Waals surface area contributed by atoms with E-state index in [0.717, 1.165) is 14.7 Å². The van der Waals surface area contributed by atoms with Crippen molar-refractivity contribution in [1.82, 2.24) is 4.90 Å². The predicted molar refractivity (Wildman–Crippen MR) is 111 cm³/mol. The second-order valence-electron chi connectivity index (χ2n) is 8.52. The molecule has 0 saturated carbocycles. The van der Waals surface area contributed by atoms with Gasteiger partial charge >= 0.3 is 16.3 Å². The molecular formula is C19H27FN4O5S. The van der Waals surface area contributed by atoms with Gasteiger partial charge in [0.15, 0.2) is 0 Å². The number of likely N-dealkylation sites (tertiary alicyclic amines) is 1. The quantitative estimate of drug-likeness (QED) is 0.759. The third kappa shape index (κ3) is 4.16. The maximum Gasteiger partial charge on any atom is 0.410 e. The molecule has 0 aliphatic carbocycles. The van der Waals surface area contributed by atoms with E-state index in [9.17, 15) is 22.4 Å². The summed E-state index contributed by atoms with van der Waals surface area (Å²) in [6, 6.07) is 2.39. The van der Waals surface area contributed by atoms with Crippen LogP contribution < -0.4 is 13.9 Å². The fraction of sp³-hybridized carbons (Fsp3) is 0.579. The number of rotatable bonds is 2. The Balaban J connectivity index is 1.74. The number of fused-ring (bicyclic) bond motifs is 1. The number of amides is 2. The van der Waals surface area contributed by atoms with Crippen LogP contribution in [0.15, 0.2) is 12.1 Å². The van der Waals surface area contributed by atoms with Crippen LogP contribution in [0.3, 0.4) is 0 Å². The van der Waals surface area contributed by atoms with Crippen molar-refractivity contribution in [2.75, 3.05) is 41.1 Å². The molecule has 1 saturated heterocycles. The molecule has 0 unspecified atom stereocenters. The van der Waals surface area contributed by atoms with Crippen LogP contribution in [0.1, 0.15) is 33.6 Å². The number of carbonyl (C=O) groups excluding carboxylic acids is 2. The molecule has 2 aliphatic rings. The minimum absolute atomic E-state index is 0.106. The first kappa shape index (κ1) is 22.1. The Kier molecular flexibility index (Phi) is 5.61. The lowest BCUT2D eigenvalue weighted by Gasteiger charge is -2.33. The van der Waals surface area contributed by atoms with E-state index in [-0.39, 0.29) is 23.6 Å². The van der Waals surface area contributed by atoms with E-state index in [1.54, 1.807) is 20.8 Å². The number of ether oxygens (including phenoxy) is 1. The van der Waals surface area contributed by atoms with E-state index >= 15 is 0 Å². The maximum absolute atomic E-state index is 14.6. The molecule has 1 aromatic carbocycles. The SMILES string of the molecule is CN1c2cc(F)c(NC(=O)[C@@H]3CCCN(C(=O)OC(C)(C)C)C3)cc2N(C)S1(=O)=O. The predicted octanol–water partition coefficient (Wildman–Crippen LogP) is 2.54. The summed E-state index contributed by atoms with van der Waals surface area (Å²) >= 11 is 0. The molecule has 9 nitrogen and oxygen atoms in total. The Morgan fingerprint density at radius 3 is 2.37 bits per heavy atom. The third-order valence-corrected chi connectivity index (χ3v) is 6.91. The number of hydrogen-bond donors (Lipinski definition) is 1. The molecule has 2 amide bonds. The molecule has 0 spiro atoms. The lowest BCUT2D eigenvalue weighted by Crippen LogP contribution is -2.45. The van der Waals surface area contributed by atoms with Gasteiger partial charge < -0.3 is 15.0 Å². The van der Waals surface area contributed by atoms with Crippen LogP contribution in [0.25, 0.3) is 0 Å². The smallest absolute Gasteiger partial charge is 0.410 e. The molecule has 3 rings (SSSR count). The van der Waals surface area contributed by atoms with Crippen LogP contribution in [-0.2, 0) is 19.7 Å². The fourth-order valence-corrected chi connectivity index (χ4v) is 4.66. The van der Waals surface area contributed by atoms with Crippen molar-refractivity contribution in [3.8, 4) is 0 Å². The lowest BCUT2D eigenvalue weighted by atomic mass is 9.97. The average molecular weight is 443 g/mol. The van der Waals surface area contributed by atoms with Gasteiger partial charge in [-0.2, -0.15) is 8.42 Å². The summed E-state index contributed by atoms with van der Waals surface area (Å²) in [5, 5.41) is 2.55. The Hall–Kier alpha value is -2.56. The molecule has 1 atom stereocenters. The fourth-order valence-electron chi connectivity index (χ4n) is 3.50. The molecule has 2 heterocycles. The summed E-state index contributed by atoms with van der Waals surface area (Å²) in [7, 11) is -1.05. The van der Waals surface area contributed by atoms with Crippen LogP contribution in [0, 0.1) is 11.7 Å². The van der Waals surface area contributed by atoms with Crippen LogP contribution in [0.4, 0.5) is 26.2 Å². The van der Waals surface area contributed by atoms with Gasteiger partial charge in [-0.25, -0.2) is 9.18 Å². The highest BCUT2D eigenvalue weighted by atomic mass is 32.2. The van der Waals surface area contributed by atoms with Crippen molar-refractivity contribution in [2.45, 2.75) is 39.2 Å². The highest BCUT2D eigenvalue weighted by Crippen LogP contribution is 2.41. The number of benzene rings is 1. The van der Waals surface area contributed by atoms with Crippen molar-refractivity contribution < 1.29 is 27.1 Å². The van der Waals surface area contributed by atoms with Crippen molar-refractivity contribution in [3.05, 3.63) is 17.9 Å². The van der Waals surface area contributed by atoms with Crippen LogP contribution >= 0.6 is 0 Å². The molecule has 1 aromatic rings. The zero-order valence-corrected chi connectivity index (χ0v) is 18.5. The van der Waals surface area contributed by atoms with Crippen LogP contribution in [0.5, 0.6) is 0 Å². The molecule has 0 aromatic heterocycles. The van der Waals surface area contributed by atoms with Gasteiger partial charge in [-0.05, 0) is 39.7 Å². The van der Waals surface area contributed by atoms with E-state index in [0.29, 0.717) is 19.4 Å². The second-order valence-corrected chi connectivity index (χ2v) is 10.5. The normalized spacial score (nSPS) is 20.7. The zero-order chi connectivity index (χ0) is 22.4. The van der Waals surface area contributed by atoms with Gasteiger partial charge in [0, 0.05) is 33.3 Å². The third-order valence-electron chi connectivity index (χ3n) is 5.14. The minimum Gasteiger partial charge on any atom is -0.444 e. The number of halogens is 1. The first-order valence-electron chi connectivity index (χ1n) is 9.66. The molecule has 1 fully saturated rings. The van der Waals surface area contributed by atoms with Gasteiger partial charge in [-0.1, -0.05) is 0 Å². The summed E-state index contributed by atoms with van der Waals surface area (Å²) in [6.45, 7) is 5.96. The first-order chi connectivity index (χ1) is 13.8. The van der Waals surface area contributed by atoms with Gasteiger partial charge in [-0.3, -0.25) is 13.4 Å². The molecule has 30 heavy (non-hydrogen) atoms. The number of carbonyl (C=O) groups is 2. The van der Waals surface area contributed by atoms with Crippen LogP contribution in [0.2, 0.25) is 0 Å². The molecular weight excluding hydrogens is 415 g/mol. The first-order valence-corrected chi connectivity index (χ1v) is 11.1. The minimum atomic E-state index is -3.75. The monoisotopic (exact) mass is 442 g/mol. The van der Waals surface area contributed by atoms with Crippen LogP contribution in [-0.4, -0.2) is 58.1 Å². The summed E-state index contributed by atoms with van der Waals surface area (Å²) in [5.41, 5.74) is -0.278. The molecule has 166 valence electrons. The molecule has 0 radical (unpaired) electrons. The highest BCUT2D eigenvalue weighted by Gasteiger charge is 2.37. The Bertz CT molecular complexity index is 976.